The van der Waals surface area contributed by atoms with Crippen LogP contribution in [-0.2, 0) is 14.2 Å². The van der Waals surface area contributed by atoms with E-state index in [9.17, 15) is 14.4 Å². The Morgan fingerprint density at radius 3 is 2.39 bits per heavy atom. The number of hydrogen-bond acceptors (Lipinski definition) is 5. The Morgan fingerprint density at radius 1 is 1.21 bits per heavy atom. The van der Waals surface area contributed by atoms with Gasteiger partial charge in [0.15, 0.2) is 8.32 Å². The Labute approximate surface area is 234 Å². The Balaban J connectivity index is 2.57. The van der Waals surface area contributed by atoms with Crippen molar-refractivity contribution in [2.24, 2.45) is 16.2 Å². The molecule has 1 unspecified atom stereocenters. The molecule has 0 amide bonds. The predicted octanol–water partition coefficient (Wildman–Crippen LogP) is 7.63. The lowest BCUT2D eigenvalue weighted by Crippen LogP contribution is -2.43. The van der Waals surface area contributed by atoms with E-state index < -0.39 is 24.2 Å². The Hall–Kier alpha value is -1.25. The maximum absolute atomic E-state index is 14.9. The third-order valence-electron chi connectivity index (χ3n) is 8.29. The molecule has 1 aromatic carbocycles. The highest BCUT2D eigenvalue weighted by Gasteiger charge is 2.38. The van der Waals surface area contributed by atoms with Gasteiger partial charge in [-0.2, -0.15) is 0 Å². The SMILES string of the molecule is C/C(=C/CO)C[C@@H](O)[C@H]1CCCC/C1=C/S(=O)(=N[C@@H](CO[Si](C)(C)C(C)(C)C)C(C)C)c1ccc(C)cc1. The summed E-state index contributed by atoms with van der Waals surface area (Å²) in [6.07, 6.45) is 5.41. The smallest absolute Gasteiger partial charge is 0.192 e. The first-order chi connectivity index (χ1) is 17.6. The van der Waals surface area contributed by atoms with E-state index in [-0.39, 0.29) is 29.5 Å². The number of aliphatic hydroxyl groups excluding tert-OH is 2. The van der Waals surface area contributed by atoms with Gasteiger partial charge in [0, 0.05) is 11.3 Å². The van der Waals surface area contributed by atoms with Crippen molar-refractivity contribution >= 4 is 18.0 Å². The first kappa shape index (κ1) is 33.0. The molecule has 0 saturated heterocycles. The summed E-state index contributed by atoms with van der Waals surface area (Å²) >= 11 is 0. The number of hydrogen-bond donors (Lipinski definition) is 2. The van der Waals surface area contributed by atoms with Crippen LogP contribution in [0.15, 0.2) is 56.2 Å². The summed E-state index contributed by atoms with van der Waals surface area (Å²) in [5, 5.41) is 22.4. The van der Waals surface area contributed by atoms with Gasteiger partial charge in [0.2, 0.25) is 0 Å². The summed E-state index contributed by atoms with van der Waals surface area (Å²) in [7, 11) is -4.89. The molecule has 1 aliphatic rings. The van der Waals surface area contributed by atoms with Gasteiger partial charge in [0.05, 0.1) is 40.0 Å². The van der Waals surface area contributed by atoms with Crippen molar-refractivity contribution in [1.29, 1.82) is 0 Å². The van der Waals surface area contributed by atoms with Crippen LogP contribution in [0.5, 0.6) is 0 Å². The third-order valence-corrected chi connectivity index (χ3v) is 14.9. The van der Waals surface area contributed by atoms with Gasteiger partial charge < -0.3 is 14.6 Å². The van der Waals surface area contributed by atoms with E-state index in [2.05, 4.69) is 47.7 Å². The minimum atomic E-state index is -2.90. The van der Waals surface area contributed by atoms with Crippen molar-refractivity contribution in [1.82, 2.24) is 0 Å². The van der Waals surface area contributed by atoms with Crippen LogP contribution in [0, 0.1) is 18.8 Å². The molecule has 0 aromatic heterocycles. The van der Waals surface area contributed by atoms with Gasteiger partial charge in [-0.15, -0.1) is 0 Å². The highest BCUT2D eigenvalue weighted by Crippen LogP contribution is 2.38. The number of rotatable bonds is 11. The van der Waals surface area contributed by atoms with E-state index in [1.54, 1.807) is 6.08 Å². The molecule has 1 saturated carbocycles. The van der Waals surface area contributed by atoms with Crippen LogP contribution in [0.4, 0.5) is 0 Å². The third kappa shape index (κ3) is 9.15. The molecule has 0 spiro atoms. The van der Waals surface area contributed by atoms with Gasteiger partial charge in [-0.3, -0.25) is 0 Å². The number of aryl methyl sites for hydroxylation is 1. The van der Waals surface area contributed by atoms with Crippen molar-refractivity contribution < 1.29 is 18.8 Å². The summed E-state index contributed by atoms with van der Waals surface area (Å²) in [6.45, 7) is 19.8. The molecular weight excluding hydrogens is 510 g/mol. The zero-order valence-corrected chi connectivity index (χ0v) is 27.1. The lowest BCUT2D eigenvalue weighted by Gasteiger charge is -2.37. The Kier molecular flexibility index (Phi) is 12.0. The van der Waals surface area contributed by atoms with E-state index in [4.69, 9.17) is 8.79 Å². The van der Waals surface area contributed by atoms with Crippen LogP contribution < -0.4 is 0 Å². The molecule has 0 aliphatic heterocycles. The second kappa shape index (κ2) is 13.9. The van der Waals surface area contributed by atoms with E-state index in [0.717, 1.165) is 42.4 Å². The second-order valence-corrected chi connectivity index (χ2v) is 19.8. The van der Waals surface area contributed by atoms with Crippen molar-refractivity contribution in [3.8, 4) is 0 Å². The van der Waals surface area contributed by atoms with E-state index in [1.807, 2.05) is 43.5 Å². The quantitative estimate of drug-likeness (QED) is 0.214. The predicted molar refractivity (Wildman–Crippen MR) is 163 cm³/mol. The molecule has 216 valence electrons. The monoisotopic (exact) mass is 563 g/mol. The molecule has 0 radical (unpaired) electrons. The molecule has 0 bridgehead atoms. The molecule has 38 heavy (non-hydrogen) atoms. The zero-order chi connectivity index (χ0) is 28.7. The fraction of sp³-hybridized carbons (Fsp3) is 0.677. The van der Waals surface area contributed by atoms with Crippen LogP contribution in [-0.4, -0.2) is 48.1 Å². The largest absolute Gasteiger partial charge is 0.415 e. The van der Waals surface area contributed by atoms with Gasteiger partial charge >= 0.3 is 0 Å². The molecular formula is C31H53NO4SSi. The summed E-state index contributed by atoms with van der Waals surface area (Å²) in [5.74, 6) is 0.108. The summed E-state index contributed by atoms with van der Waals surface area (Å²) in [5.41, 5.74) is 3.13. The van der Waals surface area contributed by atoms with Crippen LogP contribution in [0.2, 0.25) is 18.1 Å². The van der Waals surface area contributed by atoms with Crippen LogP contribution in [0.1, 0.15) is 79.2 Å². The molecule has 1 aromatic rings. The standard InChI is InChI=1S/C31H53NO4SSi/c1-23(2)29(21-36-38(8,9)31(5,6)7)32-37(35,27-16-14-24(3)15-17-27)22-26-12-10-11-13-28(26)30(34)20-25(4)18-19-33/h14-18,22-23,28-30,33-34H,10-13,19-21H2,1-9H3/b25-18-,26-22-/t28-,29-,30+,37?/m0/s1. The highest BCUT2D eigenvalue weighted by molar-refractivity contribution is 7.96. The molecule has 0 heterocycles. The van der Waals surface area contributed by atoms with Gasteiger partial charge in [-0.25, -0.2) is 8.57 Å². The molecule has 1 aliphatic carbocycles. The van der Waals surface area contributed by atoms with Gasteiger partial charge in [0.1, 0.15) is 0 Å². The minimum Gasteiger partial charge on any atom is -0.415 e. The minimum absolute atomic E-state index is 0.0282. The van der Waals surface area contributed by atoms with E-state index in [0.29, 0.717) is 17.9 Å². The zero-order valence-electron chi connectivity index (χ0n) is 25.3. The average Bonchev–Trinajstić information content (AvgIpc) is 2.81. The van der Waals surface area contributed by atoms with Crippen LogP contribution in [0.25, 0.3) is 0 Å². The van der Waals surface area contributed by atoms with E-state index >= 15 is 0 Å². The maximum Gasteiger partial charge on any atom is 0.192 e. The molecule has 2 rings (SSSR count). The lowest BCUT2D eigenvalue weighted by atomic mass is 9.80. The Morgan fingerprint density at radius 2 is 1.84 bits per heavy atom. The summed E-state index contributed by atoms with van der Waals surface area (Å²) in [6, 6.07) is 7.65. The first-order valence-corrected chi connectivity index (χ1v) is 18.7. The molecule has 2 N–H and O–H groups in total. The average molecular weight is 564 g/mol. The molecule has 5 nitrogen and oxygen atoms in total. The molecule has 7 heteroatoms. The van der Waals surface area contributed by atoms with Crippen molar-refractivity contribution in [3.63, 3.8) is 0 Å². The number of aliphatic hydroxyl groups is 2. The van der Waals surface area contributed by atoms with Crippen LogP contribution >= 0.6 is 0 Å². The normalized spacial score (nSPS) is 21.8. The summed E-state index contributed by atoms with van der Waals surface area (Å²) in [4.78, 5) is 0.712. The highest BCUT2D eigenvalue weighted by atomic mass is 32.2. The lowest BCUT2D eigenvalue weighted by molar-refractivity contribution is 0.111. The van der Waals surface area contributed by atoms with Gasteiger partial charge in [-0.1, -0.05) is 76.0 Å². The van der Waals surface area contributed by atoms with Gasteiger partial charge in [0.25, 0.3) is 0 Å². The molecule has 4 atom stereocenters. The molecule has 1 fully saturated rings. The maximum atomic E-state index is 14.9. The fourth-order valence-electron chi connectivity index (χ4n) is 4.52. The van der Waals surface area contributed by atoms with Crippen molar-refractivity contribution in [3.05, 3.63) is 52.5 Å². The second-order valence-electron chi connectivity index (χ2n) is 12.9. The van der Waals surface area contributed by atoms with Crippen LogP contribution in [0.3, 0.4) is 0 Å². The van der Waals surface area contributed by atoms with Crippen molar-refractivity contribution in [2.75, 3.05) is 13.2 Å². The topological polar surface area (TPSA) is 79.1 Å². The van der Waals surface area contributed by atoms with Gasteiger partial charge in [-0.05, 0) is 75.7 Å². The van der Waals surface area contributed by atoms with Crippen molar-refractivity contribution in [2.45, 2.75) is 116 Å². The summed E-state index contributed by atoms with van der Waals surface area (Å²) < 4.78 is 26.5. The fourth-order valence-corrected chi connectivity index (χ4v) is 7.79. The Bertz CT molecular complexity index is 1080. The first-order valence-electron chi connectivity index (χ1n) is 14.2. The number of nitrogens with zero attached hydrogens (tertiary/aromatic N) is 1. The number of benzene rings is 1. The van der Waals surface area contributed by atoms with E-state index in [1.165, 1.54) is 0 Å².